The van der Waals surface area contributed by atoms with Crippen LogP contribution in [-0.4, -0.2) is 152 Å². The van der Waals surface area contributed by atoms with Crippen molar-refractivity contribution in [1.29, 1.82) is 0 Å². The Balaban J connectivity index is 1.07. The highest BCUT2D eigenvalue weighted by Gasteiger charge is 2.42. The van der Waals surface area contributed by atoms with Gasteiger partial charge in [-0.25, -0.2) is 9.78 Å². The lowest BCUT2D eigenvalue weighted by Crippen LogP contribution is -2.36. The zero-order chi connectivity index (χ0) is 53.4. The van der Waals surface area contributed by atoms with Crippen molar-refractivity contribution in [2.75, 3.05) is 45.4 Å². The molecule has 1 aliphatic heterocycles. The highest BCUT2D eigenvalue weighted by molar-refractivity contribution is 5.91. The van der Waals surface area contributed by atoms with E-state index in [9.17, 15) is 49.2 Å². The summed E-state index contributed by atoms with van der Waals surface area (Å²) >= 11 is 0. The van der Waals surface area contributed by atoms with Crippen molar-refractivity contribution in [2.24, 2.45) is 10.8 Å². The number of aryl methyl sites for hydroxylation is 2. The van der Waals surface area contributed by atoms with Crippen molar-refractivity contribution in [3.8, 4) is 11.4 Å². The van der Waals surface area contributed by atoms with Crippen LogP contribution in [0.25, 0.3) is 22.6 Å². The maximum Gasteiger partial charge on any atom is 0.338 e. The Morgan fingerprint density at radius 2 is 1.36 bits per heavy atom. The molecule has 3 atom stereocenters. The zero-order valence-corrected chi connectivity index (χ0v) is 41.4. The number of hydrogen-bond acceptors (Lipinski definition) is 23. The number of carbonyl (C=O) groups excluding carboxylic acids is 5. The molecule has 0 saturated carbocycles. The number of nitrogen functional groups attached to an aromatic ring is 1. The number of benzene rings is 1. The van der Waals surface area contributed by atoms with Crippen LogP contribution in [0.5, 0.6) is 0 Å². The first kappa shape index (κ1) is 56.1. The van der Waals surface area contributed by atoms with Crippen LogP contribution < -0.4 is 11.3 Å². The molecule has 1 aliphatic rings. The number of nitrogens with one attached hydrogen (secondary N) is 1. The maximum absolute atomic E-state index is 13.5. The molecular formula is C47H63N11O16. The highest BCUT2D eigenvalue weighted by Crippen LogP contribution is 2.37. The second kappa shape index (κ2) is 26.1. The van der Waals surface area contributed by atoms with Gasteiger partial charge in [-0.3, -0.25) is 42.9 Å². The normalized spacial score (nSPS) is 15.8. The summed E-state index contributed by atoms with van der Waals surface area (Å²) in [6.45, 7) is 2.45. The van der Waals surface area contributed by atoms with Crippen LogP contribution in [0.1, 0.15) is 107 Å². The van der Waals surface area contributed by atoms with Crippen molar-refractivity contribution < 1.29 is 72.8 Å². The van der Waals surface area contributed by atoms with Gasteiger partial charge in [-0.05, 0) is 58.6 Å². The Kier molecular flexibility index (Phi) is 19.8. The van der Waals surface area contributed by atoms with E-state index in [2.05, 4.69) is 35.6 Å². The number of aliphatic hydroxyl groups is 4. The second-order valence-corrected chi connectivity index (χ2v) is 18.3. The smallest absolute Gasteiger partial charge is 0.338 e. The number of anilines is 1. The van der Waals surface area contributed by atoms with Gasteiger partial charge in [-0.15, -0.1) is 10.2 Å². The summed E-state index contributed by atoms with van der Waals surface area (Å²) in [5, 5.41) is 53.8. The van der Waals surface area contributed by atoms with Gasteiger partial charge in [0.15, 0.2) is 11.2 Å². The lowest BCUT2D eigenvalue weighted by atomic mass is 9.93. The molecule has 0 spiro atoms. The van der Waals surface area contributed by atoms with Gasteiger partial charge in [0, 0.05) is 37.9 Å². The fourth-order valence-electron chi connectivity index (χ4n) is 7.54. The number of imidazole rings is 1. The summed E-state index contributed by atoms with van der Waals surface area (Å²) in [7, 11) is 0. The van der Waals surface area contributed by atoms with E-state index < -0.39 is 91.1 Å². The third-order valence-electron chi connectivity index (χ3n) is 12.2. The molecule has 7 N–H and O–H groups in total. The van der Waals surface area contributed by atoms with E-state index in [-0.39, 0.29) is 74.2 Å². The third kappa shape index (κ3) is 14.5. The van der Waals surface area contributed by atoms with Gasteiger partial charge in [-0.2, -0.15) is 4.98 Å². The summed E-state index contributed by atoms with van der Waals surface area (Å²) in [5.41, 5.74) is 3.83. The molecule has 5 heterocycles. The Hall–Kier alpha value is -7.20. The van der Waals surface area contributed by atoms with E-state index in [1.807, 2.05) is 0 Å². The lowest BCUT2D eigenvalue weighted by molar-refractivity contribution is -0.162. The number of nitrogens with zero attached hydrogens (tertiary/aromatic N) is 9. The van der Waals surface area contributed by atoms with Gasteiger partial charge in [0.05, 0.1) is 51.0 Å². The molecule has 27 nitrogen and oxygen atoms in total. The topological polar surface area (TPSA) is 373 Å². The molecule has 5 aromatic rings. The fourth-order valence-corrected chi connectivity index (χ4v) is 7.54. The molecule has 1 saturated heterocycles. The summed E-state index contributed by atoms with van der Waals surface area (Å²) < 4.78 is 38.4. The molecule has 4 aromatic heterocycles. The third-order valence-corrected chi connectivity index (χ3v) is 12.2. The number of rotatable bonds is 29. The summed E-state index contributed by atoms with van der Waals surface area (Å²) in [5.74, 6) is -3.20. The number of ether oxygens (including phenoxy) is 6. The van der Waals surface area contributed by atoms with Gasteiger partial charge in [0.1, 0.15) is 66.3 Å². The molecule has 0 aliphatic carbocycles. The number of fused-ring (bicyclic) bond motifs is 1. The minimum atomic E-state index is -1.44. The number of hydrogen-bond donors (Lipinski definition) is 6. The van der Waals surface area contributed by atoms with Crippen LogP contribution in [0.2, 0.25) is 0 Å². The van der Waals surface area contributed by atoms with Crippen LogP contribution >= 0.6 is 0 Å². The van der Waals surface area contributed by atoms with Crippen LogP contribution in [0, 0.1) is 10.8 Å². The van der Waals surface area contributed by atoms with Crippen molar-refractivity contribution in [3.63, 3.8) is 0 Å². The number of aromatic amines is 1. The minimum absolute atomic E-state index is 0.0126. The second-order valence-electron chi connectivity index (χ2n) is 18.3. The average molecular weight is 1040 g/mol. The molecule has 27 heteroatoms. The molecule has 0 radical (unpaired) electrons. The predicted molar refractivity (Wildman–Crippen MR) is 254 cm³/mol. The Bertz CT molecular complexity index is 2760. The molecule has 1 fully saturated rings. The van der Waals surface area contributed by atoms with Crippen molar-refractivity contribution in [3.05, 3.63) is 64.0 Å². The summed E-state index contributed by atoms with van der Waals surface area (Å²) in [4.78, 5) is 88.4. The first-order valence-electron chi connectivity index (χ1n) is 24.1. The van der Waals surface area contributed by atoms with Crippen LogP contribution in [-0.2, 0) is 73.9 Å². The fraction of sp³-hybridized carbons (Fsp3) is 0.574. The van der Waals surface area contributed by atoms with Crippen molar-refractivity contribution in [1.82, 2.24) is 49.5 Å². The Morgan fingerprint density at radius 1 is 0.784 bits per heavy atom. The molecule has 0 unspecified atom stereocenters. The van der Waals surface area contributed by atoms with E-state index in [1.165, 1.54) is 18.4 Å². The molecule has 74 heavy (non-hydrogen) atoms. The van der Waals surface area contributed by atoms with Crippen LogP contribution in [0.3, 0.4) is 0 Å². The Morgan fingerprint density at radius 3 is 1.93 bits per heavy atom. The molecule has 6 rings (SSSR count). The molecule has 402 valence electrons. The van der Waals surface area contributed by atoms with Crippen molar-refractivity contribution in [2.45, 2.75) is 123 Å². The standard InChI is InChI=1S/C47H63N11O16/c1-4-69-42(66)30-13-11-12-29(18-30)39-49-38-40(50-45(48)51-41(38)65)58(39)35-19-33(74-37(64)15-8-6-10-17-57-21-32(53-55-57)23-72-44(68)47(3,27-61)28-62)34(73-35)24-70-36(63)14-7-5-9-16-56-20-31(52-54-56)22-71-43(67)46(2,25-59)26-60/h11-13,18,20-21,33-35,59-62H,4-10,14-17,19,22-28H2,1-3H3,(H3,48,50,51,65)/t33-,34+,35+/m0/s1. The number of esters is 5. The molecule has 0 amide bonds. The number of unbranched alkanes of at least 4 members (excludes halogenated alkanes) is 4. The van der Waals surface area contributed by atoms with E-state index >= 15 is 0 Å². The zero-order valence-electron chi connectivity index (χ0n) is 41.4. The highest BCUT2D eigenvalue weighted by atomic mass is 16.6. The van der Waals surface area contributed by atoms with E-state index in [1.54, 1.807) is 52.9 Å². The number of aromatic nitrogens is 10. The summed E-state index contributed by atoms with van der Waals surface area (Å²) in [6.07, 6.45) is 3.75. The van der Waals surface area contributed by atoms with E-state index in [0.717, 1.165) is 0 Å². The first-order valence-corrected chi connectivity index (χ1v) is 24.1. The maximum atomic E-state index is 13.5. The number of H-pyrrole nitrogens is 1. The minimum Gasteiger partial charge on any atom is -0.463 e. The van der Waals surface area contributed by atoms with Crippen LogP contribution in [0.15, 0.2) is 41.5 Å². The van der Waals surface area contributed by atoms with E-state index in [4.69, 9.17) is 34.2 Å². The van der Waals surface area contributed by atoms with Gasteiger partial charge in [-0.1, -0.05) is 35.4 Å². The monoisotopic (exact) mass is 1040 g/mol. The quantitative estimate of drug-likeness (QED) is 0.0221. The lowest BCUT2D eigenvalue weighted by Gasteiger charge is -2.21. The number of nitrogens with two attached hydrogens (primary N) is 1. The van der Waals surface area contributed by atoms with Gasteiger partial charge >= 0.3 is 29.8 Å². The molecule has 0 bridgehead atoms. The number of carbonyl (C=O) groups is 5. The Labute approximate surface area is 423 Å². The van der Waals surface area contributed by atoms with Gasteiger partial charge in [0.25, 0.3) is 5.56 Å². The largest absolute Gasteiger partial charge is 0.463 e. The average Bonchev–Trinajstić information content (AvgIpc) is 4.22. The number of aliphatic hydroxyl groups excluding tert-OH is 4. The van der Waals surface area contributed by atoms with Gasteiger partial charge < -0.3 is 54.6 Å². The van der Waals surface area contributed by atoms with Crippen molar-refractivity contribution >= 4 is 47.0 Å². The predicted octanol–water partition coefficient (Wildman–Crippen LogP) is 1.06. The van der Waals surface area contributed by atoms with E-state index in [0.29, 0.717) is 68.6 Å². The molecule has 1 aromatic carbocycles. The van der Waals surface area contributed by atoms with Crippen LogP contribution in [0.4, 0.5) is 5.95 Å². The first-order chi connectivity index (χ1) is 35.5. The summed E-state index contributed by atoms with van der Waals surface area (Å²) in [6, 6.07) is 6.42. The molecular weight excluding hydrogens is 975 g/mol. The van der Waals surface area contributed by atoms with Gasteiger partial charge in [0.2, 0.25) is 5.95 Å². The SMILES string of the molecule is CCOC(=O)c1cccc(-c2nc3c(=O)[nH]c(N)nc3n2[C@H]2C[C@H](OC(=O)CCCCCn3cc(COC(=O)C(C)(CO)CO)nn3)[C@@H](COC(=O)CCCCCn3cc(COC(=O)C(C)(CO)CO)nn3)O2)c1.